The maximum atomic E-state index is 11.9. The lowest BCUT2D eigenvalue weighted by atomic mass is 10.2. The lowest BCUT2D eigenvalue weighted by molar-refractivity contribution is 0.0954. The molecule has 0 unspecified atom stereocenters. The van der Waals surface area contributed by atoms with Crippen LogP contribution < -0.4 is 5.32 Å². The van der Waals surface area contributed by atoms with Gasteiger partial charge >= 0.3 is 0 Å². The molecule has 1 aromatic heterocycles. The summed E-state index contributed by atoms with van der Waals surface area (Å²) in [6.07, 6.45) is 0.852. The van der Waals surface area contributed by atoms with Crippen LogP contribution in [0.25, 0.3) is 0 Å². The van der Waals surface area contributed by atoms with Crippen molar-refractivity contribution in [2.75, 3.05) is 6.54 Å². The zero-order chi connectivity index (χ0) is 13.0. The summed E-state index contributed by atoms with van der Waals surface area (Å²) < 4.78 is 0.804. The summed E-state index contributed by atoms with van der Waals surface area (Å²) in [5.74, 6) is -0.102. The molecule has 0 saturated heterocycles. The van der Waals surface area contributed by atoms with Crippen LogP contribution in [-0.2, 0) is 6.42 Å². The number of halogens is 2. The van der Waals surface area contributed by atoms with Gasteiger partial charge in [-0.25, -0.2) is 0 Å². The van der Waals surface area contributed by atoms with Gasteiger partial charge in [-0.05, 0) is 36.1 Å². The topological polar surface area (TPSA) is 29.1 Å². The van der Waals surface area contributed by atoms with Gasteiger partial charge in [0.1, 0.15) is 0 Å². The molecule has 0 fully saturated rings. The van der Waals surface area contributed by atoms with Crippen LogP contribution in [0.2, 0.25) is 5.02 Å². The predicted octanol–water partition coefficient (Wildman–Crippen LogP) is 4.14. The summed E-state index contributed by atoms with van der Waals surface area (Å²) in [5.41, 5.74) is 0.570. The van der Waals surface area contributed by atoms with Crippen molar-refractivity contribution in [3.05, 3.63) is 55.6 Å². The van der Waals surface area contributed by atoms with E-state index < -0.39 is 0 Å². The molecule has 1 N–H and O–H groups in total. The summed E-state index contributed by atoms with van der Waals surface area (Å²) in [6.45, 7) is 0.628. The monoisotopic (exact) mass is 343 g/mol. The van der Waals surface area contributed by atoms with Gasteiger partial charge < -0.3 is 5.32 Å². The molecule has 0 aliphatic rings. The smallest absolute Gasteiger partial charge is 0.251 e. The van der Waals surface area contributed by atoms with E-state index in [2.05, 4.69) is 27.3 Å². The number of nitrogens with one attached hydrogen (secondary N) is 1. The summed E-state index contributed by atoms with van der Waals surface area (Å²) in [7, 11) is 0. The second-order valence-corrected chi connectivity index (χ2v) is 6.13. The van der Waals surface area contributed by atoms with Crippen molar-refractivity contribution in [3.8, 4) is 0 Å². The Bertz CT molecular complexity index is 522. The van der Waals surface area contributed by atoms with Crippen LogP contribution in [0.4, 0.5) is 0 Å². The van der Waals surface area contributed by atoms with Crippen LogP contribution in [0.1, 0.15) is 15.2 Å². The number of carbonyl (C=O) groups is 1. The Morgan fingerprint density at radius 3 is 2.89 bits per heavy atom. The minimum atomic E-state index is -0.102. The first-order chi connectivity index (χ1) is 8.65. The van der Waals surface area contributed by atoms with E-state index in [-0.39, 0.29) is 5.91 Å². The first kappa shape index (κ1) is 13.6. The highest BCUT2D eigenvalue weighted by molar-refractivity contribution is 9.10. The highest BCUT2D eigenvalue weighted by atomic mass is 79.9. The zero-order valence-electron chi connectivity index (χ0n) is 9.45. The number of hydrogen-bond acceptors (Lipinski definition) is 2. The van der Waals surface area contributed by atoms with Crippen molar-refractivity contribution in [2.45, 2.75) is 6.42 Å². The molecule has 2 aromatic rings. The van der Waals surface area contributed by atoms with Crippen molar-refractivity contribution in [1.29, 1.82) is 0 Å². The van der Waals surface area contributed by atoms with Gasteiger partial charge in [0.15, 0.2) is 0 Å². The Labute approximate surface area is 123 Å². The van der Waals surface area contributed by atoms with E-state index in [4.69, 9.17) is 11.6 Å². The Kier molecular flexibility index (Phi) is 4.80. The van der Waals surface area contributed by atoms with Gasteiger partial charge in [0.25, 0.3) is 5.91 Å². The van der Waals surface area contributed by atoms with Crippen molar-refractivity contribution >= 4 is 44.8 Å². The minimum absolute atomic E-state index is 0.102. The van der Waals surface area contributed by atoms with Gasteiger partial charge in [0.05, 0.1) is 0 Å². The van der Waals surface area contributed by atoms with E-state index in [1.54, 1.807) is 29.5 Å². The maximum absolute atomic E-state index is 11.9. The van der Waals surface area contributed by atoms with E-state index >= 15 is 0 Å². The third-order valence-electron chi connectivity index (χ3n) is 2.36. The summed E-state index contributed by atoms with van der Waals surface area (Å²) >= 11 is 10.9. The Morgan fingerprint density at radius 2 is 2.22 bits per heavy atom. The van der Waals surface area contributed by atoms with Gasteiger partial charge in [-0.15, -0.1) is 11.3 Å². The van der Waals surface area contributed by atoms with Crippen LogP contribution in [-0.4, -0.2) is 12.5 Å². The molecule has 0 saturated carbocycles. The number of amides is 1. The molecule has 1 aromatic carbocycles. The average molecular weight is 345 g/mol. The molecular formula is C13H11BrClNOS. The van der Waals surface area contributed by atoms with Gasteiger partial charge in [-0.1, -0.05) is 33.6 Å². The largest absolute Gasteiger partial charge is 0.352 e. The molecular weight excluding hydrogens is 334 g/mol. The van der Waals surface area contributed by atoms with Crippen molar-refractivity contribution < 1.29 is 4.79 Å². The number of rotatable bonds is 4. The molecule has 1 heterocycles. The van der Waals surface area contributed by atoms with Crippen molar-refractivity contribution in [2.24, 2.45) is 0 Å². The minimum Gasteiger partial charge on any atom is -0.352 e. The van der Waals surface area contributed by atoms with Gasteiger partial charge in [-0.2, -0.15) is 0 Å². The fourth-order valence-corrected chi connectivity index (χ4v) is 3.11. The normalized spacial score (nSPS) is 10.3. The molecule has 18 heavy (non-hydrogen) atoms. The molecule has 94 valence electrons. The molecule has 2 rings (SSSR count). The first-order valence-corrected chi connectivity index (χ1v) is 7.47. The molecule has 0 bridgehead atoms. The fraction of sp³-hybridized carbons (Fsp3) is 0.154. The lowest BCUT2D eigenvalue weighted by Crippen LogP contribution is -2.25. The Morgan fingerprint density at radius 1 is 1.39 bits per heavy atom. The standard InChI is InChI=1S/C13H11BrClNOS/c14-10-6-9(7-11(15)8-10)13(17)16-4-3-12-2-1-5-18-12/h1-2,5-8H,3-4H2,(H,16,17). The second-order valence-electron chi connectivity index (χ2n) is 3.74. The van der Waals surface area contributed by atoms with Crippen LogP contribution in [0.3, 0.4) is 0 Å². The number of benzene rings is 1. The van der Waals surface area contributed by atoms with E-state index in [1.165, 1.54) is 4.88 Å². The molecule has 0 radical (unpaired) electrons. The lowest BCUT2D eigenvalue weighted by Gasteiger charge is -2.05. The summed E-state index contributed by atoms with van der Waals surface area (Å²) in [4.78, 5) is 13.2. The van der Waals surface area contributed by atoms with Gasteiger partial charge in [-0.3, -0.25) is 4.79 Å². The van der Waals surface area contributed by atoms with Crippen molar-refractivity contribution in [1.82, 2.24) is 5.32 Å². The first-order valence-electron chi connectivity index (χ1n) is 5.42. The summed E-state index contributed by atoms with van der Waals surface area (Å²) in [6, 6.07) is 9.24. The van der Waals surface area contributed by atoms with E-state index in [0.717, 1.165) is 10.9 Å². The highest BCUT2D eigenvalue weighted by Crippen LogP contribution is 2.19. The SMILES string of the molecule is O=C(NCCc1cccs1)c1cc(Cl)cc(Br)c1. The molecule has 2 nitrogen and oxygen atoms in total. The average Bonchev–Trinajstić information content (AvgIpc) is 2.80. The highest BCUT2D eigenvalue weighted by Gasteiger charge is 2.07. The Balaban J connectivity index is 1.91. The number of hydrogen-bond donors (Lipinski definition) is 1. The van der Waals surface area contributed by atoms with Crippen molar-refractivity contribution in [3.63, 3.8) is 0 Å². The predicted molar refractivity (Wildman–Crippen MR) is 79.5 cm³/mol. The van der Waals surface area contributed by atoms with Crippen LogP contribution in [0, 0.1) is 0 Å². The third-order valence-corrected chi connectivity index (χ3v) is 3.97. The number of carbonyl (C=O) groups excluding carboxylic acids is 1. The third kappa shape index (κ3) is 3.83. The quantitative estimate of drug-likeness (QED) is 0.887. The van der Waals surface area contributed by atoms with Gasteiger partial charge in [0, 0.05) is 26.5 Å². The molecule has 0 spiro atoms. The van der Waals surface area contributed by atoms with E-state index in [9.17, 15) is 4.79 Å². The second kappa shape index (κ2) is 6.36. The van der Waals surface area contributed by atoms with E-state index in [1.807, 2.05) is 11.4 Å². The van der Waals surface area contributed by atoms with Crippen LogP contribution in [0.15, 0.2) is 40.2 Å². The van der Waals surface area contributed by atoms with Crippen LogP contribution >= 0.6 is 38.9 Å². The molecule has 0 aliphatic heterocycles. The van der Waals surface area contributed by atoms with E-state index in [0.29, 0.717) is 17.1 Å². The van der Waals surface area contributed by atoms with Crippen LogP contribution in [0.5, 0.6) is 0 Å². The zero-order valence-corrected chi connectivity index (χ0v) is 12.6. The summed E-state index contributed by atoms with van der Waals surface area (Å²) in [5, 5.41) is 5.46. The molecule has 1 amide bonds. The van der Waals surface area contributed by atoms with Gasteiger partial charge in [0.2, 0.25) is 0 Å². The maximum Gasteiger partial charge on any atom is 0.251 e. The molecule has 5 heteroatoms. The number of thiophene rings is 1. The Hall–Kier alpha value is -0.840. The molecule has 0 atom stereocenters. The fourth-order valence-electron chi connectivity index (χ4n) is 1.54. The molecule has 0 aliphatic carbocycles.